The number of benzene rings is 1. The standard InChI is InChI=1S/C13H20N2O3S/c1-3-18-12-6-4-5-11(13(12)14)15(2)10-7-8-19(16,17)9-10/h4-6,10H,3,7-9,14H2,1-2H3. The third-order valence-corrected chi connectivity index (χ3v) is 5.23. The highest BCUT2D eigenvalue weighted by Gasteiger charge is 2.31. The molecule has 1 saturated heterocycles. The second-order valence-corrected chi connectivity index (χ2v) is 7.02. The maximum Gasteiger partial charge on any atom is 0.152 e. The summed E-state index contributed by atoms with van der Waals surface area (Å²) in [5, 5.41) is 0. The number of hydrogen-bond donors (Lipinski definition) is 1. The molecule has 2 N–H and O–H groups in total. The highest BCUT2D eigenvalue weighted by Crippen LogP contribution is 2.34. The summed E-state index contributed by atoms with van der Waals surface area (Å²) in [4.78, 5) is 1.95. The molecule has 5 nitrogen and oxygen atoms in total. The fourth-order valence-corrected chi connectivity index (χ4v) is 4.17. The van der Waals surface area contributed by atoms with Crippen molar-refractivity contribution in [2.75, 3.05) is 35.8 Å². The van der Waals surface area contributed by atoms with Crippen LogP contribution in [0, 0.1) is 0 Å². The lowest BCUT2D eigenvalue weighted by Gasteiger charge is -2.27. The van der Waals surface area contributed by atoms with Crippen LogP contribution in [0.2, 0.25) is 0 Å². The minimum atomic E-state index is -2.90. The lowest BCUT2D eigenvalue weighted by molar-refractivity contribution is 0.342. The average Bonchev–Trinajstić information content (AvgIpc) is 2.72. The van der Waals surface area contributed by atoms with Gasteiger partial charge >= 0.3 is 0 Å². The van der Waals surface area contributed by atoms with Crippen molar-refractivity contribution in [1.82, 2.24) is 0 Å². The summed E-state index contributed by atoms with van der Waals surface area (Å²) in [6.07, 6.45) is 0.650. The normalized spacial score (nSPS) is 21.3. The van der Waals surface area contributed by atoms with Crippen LogP contribution >= 0.6 is 0 Å². The maximum absolute atomic E-state index is 11.5. The number of ether oxygens (including phenoxy) is 1. The van der Waals surface area contributed by atoms with Gasteiger partial charge in [-0.15, -0.1) is 0 Å². The van der Waals surface area contributed by atoms with Crippen LogP contribution in [0.25, 0.3) is 0 Å². The van der Waals surface area contributed by atoms with E-state index < -0.39 is 9.84 Å². The molecule has 0 amide bonds. The summed E-state index contributed by atoms with van der Waals surface area (Å²) >= 11 is 0. The number of nitrogens with zero attached hydrogens (tertiary/aromatic N) is 1. The predicted molar refractivity (Wildman–Crippen MR) is 77.5 cm³/mol. The van der Waals surface area contributed by atoms with E-state index in [1.807, 2.05) is 37.1 Å². The van der Waals surface area contributed by atoms with Crippen molar-refractivity contribution in [3.05, 3.63) is 18.2 Å². The number of sulfone groups is 1. The Hall–Kier alpha value is -1.43. The monoisotopic (exact) mass is 284 g/mol. The van der Waals surface area contributed by atoms with Gasteiger partial charge in [0.25, 0.3) is 0 Å². The molecule has 0 aromatic heterocycles. The Balaban J connectivity index is 2.24. The third kappa shape index (κ3) is 2.94. The maximum atomic E-state index is 11.5. The first-order chi connectivity index (χ1) is 8.94. The minimum Gasteiger partial charge on any atom is -0.492 e. The molecule has 1 aliphatic rings. The van der Waals surface area contributed by atoms with Gasteiger partial charge in [0.15, 0.2) is 9.84 Å². The van der Waals surface area contributed by atoms with Crippen LogP contribution in [0.5, 0.6) is 5.75 Å². The SMILES string of the molecule is CCOc1cccc(N(C)C2CCS(=O)(=O)C2)c1N. The number of nitrogen functional groups attached to an aromatic ring is 1. The summed E-state index contributed by atoms with van der Waals surface area (Å²) < 4.78 is 28.6. The van der Waals surface area contributed by atoms with E-state index in [-0.39, 0.29) is 17.5 Å². The molecule has 1 heterocycles. The fraction of sp³-hybridized carbons (Fsp3) is 0.538. The molecular formula is C13H20N2O3S. The Morgan fingerprint density at radius 3 is 2.79 bits per heavy atom. The summed E-state index contributed by atoms with van der Waals surface area (Å²) in [6, 6.07) is 5.57. The Morgan fingerprint density at radius 1 is 1.47 bits per heavy atom. The largest absolute Gasteiger partial charge is 0.492 e. The molecule has 6 heteroatoms. The number of nitrogens with two attached hydrogens (primary N) is 1. The summed E-state index contributed by atoms with van der Waals surface area (Å²) in [5.41, 5.74) is 7.48. The van der Waals surface area contributed by atoms with Gasteiger partial charge in [-0.1, -0.05) is 6.07 Å². The molecule has 1 aromatic carbocycles. The van der Waals surface area contributed by atoms with Crippen LogP contribution < -0.4 is 15.4 Å². The van der Waals surface area contributed by atoms with E-state index in [1.165, 1.54) is 0 Å². The predicted octanol–water partition coefficient (Wildman–Crippen LogP) is 1.29. The first-order valence-corrected chi connectivity index (χ1v) is 8.21. The lowest BCUT2D eigenvalue weighted by atomic mass is 10.1. The molecule has 1 unspecified atom stereocenters. The van der Waals surface area contributed by atoms with Gasteiger partial charge in [-0.05, 0) is 25.5 Å². The van der Waals surface area contributed by atoms with Gasteiger partial charge in [0.05, 0.1) is 29.5 Å². The molecule has 1 fully saturated rings. The molecule has 0 bridgehead atoms. The molecular weight excluding hydrogens is 264 g/mol. The molecule has 106 valence electrons. The van der Waals surface area contributed by atoms with Gasteiger partial charge in [0.2, 0.25) is 0 Å². The Morgan fingerprint density at radius 2 is 2.21 bits per heavy atom. The first-order valence-electron chi connectivity index (χ1n) is 6.39. The van der Waals surface area contributed by atoms with E-state index in [9.17, 15) is 8.42 Å². The van der Waals surface area contributed by atoms with Crippen molar-refractivity contribution in [3.8, 4) is 5.75 Å². The molecule has 0 saturated carbocycles. The van der Waals surface area contributed by atoms with E-state index in [1.54, 1.807) is 0 Å². The van der Waals surface area contributed by atoms with E-state index in [2.05, 4.69) is 0 Å². The highest BCUT2D eigenvalue weighted by atomic mass is 32.2. The smallest absolute Gasteiger partial charge is 0.152 e. The zero-order valence-electron chi connectivity index (χ0n) is 11.3. The molecule has 0 spiro atoms. The second kappa shape index (κ2) is 5.28. The fourth-order valence-electron chi connectivity index (χ4n) is 2.40. The van der Waals surface area contributed by atoms with Crippen molar-refractivity contribution in [2.24, 2.45) is 0 Å². The summed E-state index contributed by atoms with van der Waals surface area (Å²) in [6.45, 7) is 2.45. The molecule has 2 rings (SSSR count). The van der Waals surface area contributed by atoms with E-state index in [0.29, 0.717) is 24.5 Å². The third-order valence-electron chi connectivity index (χ3n) is 3.48. The van der Waals surface area contributed by atoms with Crippen LogP contribution in [-0.4, -0.2) is 39.6 Å². The molecule has 1 aromatic rings. The van der Waals surface area contributed by atoms with Crippen LogP contribution in [0.4, 0.5) is 11.4 Å². The van der Waals surface area contributed by atoms with Crippen molar-refractivity contribution >= 4 is 21.2 Å². The number of anilines is 2. The Labute approximate surface area is 114 Å². The van der Waals surface area contributed by atoms with Crippen LogP contribution in [0.3, 0.4) is 0 Å². The summed E-state index contributed by atoms with van der Waals surface area (Å²) in [7, 11) is -1.01. The quantitative estimate of drug-likeness (QED) is 0.844. The topological polar surface area (TPSA) is 72.6 Å². The number of rotatable bonds is 4. The van der Waals surface area contributed by atoms with E-state index in [0.717, 1.165) is 5.69 Å². The zero-order valence-corrected chi connectivity index (χ0v) is 12.1. The lowest BCUT2D eigenvalue weighted by Crippen LogP contribution is -2.33. The Bertz CT molecular complexity index is 557. The van der Waals surface area contributed by atoms with Crippen LogP contribution in [-0.2, 0) is 9.84 Å². The van der Waals surface area contributed by atoms with Crippen molar-refractivity contribution < 1.29 is 13.2 Å². The minimum absolute atomic E-state index is 0.0100. The zero-order chi connectivity index (χ0) is 14.0. The number of para-hydroxylation sites is 1. The van der Waals surface area contributed by atoms with Gasteiger partial charge in [0.1, 0.15) is 5.75 Å². The average molecular weight is 284 g/mol. The summed E-state index contributed by atoms with van der Waals surface area (Å²) in [5.74, 6) is 1.10. The van der Waals surface area contributed by atoms with Gasteiger partial charge < -0.3 is 15.4 Å². The second-order valence-electron chi connectivity index (χ2n) is 4.79. The van der Waals surface area contributed by atoms with Gasteiger partial charge in [0, 0.05) is 13.1 Å². The van der Waals surface area contributed by atoms with Crippen LogP contribution in [0.1, 0.15) is 13.3 Å². The van der Waals surface area contributed by atoms with Crippen molar-refractivity contribution in [2.45, 2.75) is 19.4 Å². The molecule has 0 radical (unpaired) electrons. The van der Waals surface area contributed by atoms with Gasteiger partial charge in [-0.2, -0.15) is 0 Å². The highest BCUT2D eigenvalue weighted by molar-refractivity contribution is 7.91. The van der Waals surface area contributed by atoms with Gasteiger partial charge in [-0.25, -0.2) is 8.42 Å². The van der Waals surface area contributed by atoms with Crippen molar-refractivity contribution in [3.63, 3.8) is 0 Å². The van der Waals surface area contributed by atoms with E-state index >= 15 is 0 Å². The van der Waals surface area contributed by atoms with Gasteiger partial charge in [-0.3, -0.25) is 0 Å². The van der Waals surface area contributed by atoms with Crippen LogP contribution in [0.15, 0.2) is 18.2 Å². The first kappa shape index (κ1) is 14.0. The number of hydrogen-bond acceptors (Lipinski definition) is 5. The molecule has 1 atom stereocenters. The van der Waals surface area contributed by atoms with E-state index in [4.69, 9.17) is 10.5 Å². The Kier molecular flexibility index (Phi) is 3.89. The molecule has 1 aliphatic heterocycles. The molecule has 0 aliphatic carbocycles. The van der Waals surface area contributed by atoms with Crippen molar-refractivity contribution in [1.29, 1.82) is 0 Å². The molecule has 19 heavy (non-hydrogen) atoms.